The van der Waals surface area contributed by atoms with E-state index in [1.54, 1.807) is 6.07 Å². The molecule has 8 rings (SSSR count). The minimum absolute atomic E-state index is 0.0484. The molecule has 4 saturated carbocycles. The van der Waals surface area contributed by atoms with Crippen molar-refractivity contribution in [3.63, 3.8) is 0 Å². The second kappa shape index (κ2) is 15.5. The van der Waals surface area contributed by atoms with Gasteiger partial charge in [0.2, 0.25) is 5.56 Å². The number of hydrogen-bond donors (Lipinski definition) is 2. The number of rotatable bonds is 16. The number of nitrogens with one attached hydrogen (secondary N) is 2. The molecule has 4 aliphatic carbocycles. The average molecular weight is 721 g/mol. The molecule has 3 aromatic carbocycles. The molecule has 4 aliphatic rings. The van der Waals surface area contributed by atoms with E-state index in [4.69, 9.17) is 13.9 Å². The van der Waals surface area contributed by atoms with Gasteiger partial charge in [0, 0.05) is 18.0 Å². The topological polar surface area (TPSA) is 72.6 Å². The van der Waals surface area contributed by atoms with Crippen LogP contribution in [-0.4, -0.2) is 33.0 Å². The van der Waals surface area contributed by atoms with Gasteiger partial charge in [0.25, 0.3) is 0 Å². The van der Waals surface area contributed by atoms with Crippen LogP contribution >= 0.6 is 0 Å². The van der Waals surface area contributed by atoms with E-state index in [2.05, 4.69) is 74.5 Å². The molecule has 278 valence electrons. The van der Waals surface area contributed by atoms with Gasteiger partial charge in [0.15, 0.2) is 8.32 Å². The van der Waals surface area contributed by atoms with Crippen molar-refractivity contribution in [3.8, 4) is 11.5 Å². The molecule has 0 spiro atoms. The van der Waals surface area contributed by atoms with Crippen LogP contribution in [-0.2, 0) is 17.5 Å². The molecule has 4 fully saturated rings. The Morgan fingerprint density at radius 1 is 0.846 bits per heavy atom. The van der Waals surface area contributed by atoms with Crippen LogP contribution in [0.1, 0.15) is 94.9 Å². The molecule has 0 aliphatic heterocycles. The lowest BCUT2D eigenvalue weighted by Crippen LogP contribution is -2.46. The van der Waals surface area contributed by atoms with Gasteiger partial charge in [-0.1, -0.05) is 69.3 Å². The Kier molecular flexibility index (Phi) is 11.0. The molecular weight excluding hydrogens is 661 g/mol. The van der Waals surface area contributed by atoms with Gasteiger partial charge in [-0.25, -0.2) is 0 Å². The molecule has 0 unspecified atom stereocenters. The molecular formula is C45H60N2O4Si. The van der Waals surface area contributed by atoms with Crippen LogP contribution in [0.4, 0.5) is 0 Å². The maximum atomic E-state index is 12.5. The van der Waals surface area contributed by atoms with E-state index in [-0.39, 0.29) is 16.7 Å². The molecule has 2 N–H and O–H groups in total. The number of pyridine rings is 1. The fourth-order valence-electron chi connectivity index (χ4n) is 9.58. The molecule has 4 aromatic rings. The van der Waals surface area contributed by atoms with Crippen molar-refractivity contribution in [1.29, 1.82) is 0 Å². The van der Waals surface area contributed by atoms with Crippen molar-refractivity contribution < 1.29 is 13.9 Å². The number of H-pyrrole nitrogens is 1. The monoisotopic (exact) mass is 720 g/mol. The Morgan fingerprint density at radius 3 is 2.21 bits per heavy atom. The highest BCUT2D eigenvalue weighted by Crippen LogP contribution is 2.61. The normalized spacial score (nSPS) is 23.2. The lowest BCUT2D eigenvalue weighted by atomic mass is 9.48. The highest BCUT2D eigenvalue weighted by molar-refractivity contribution is 6.74. The van der Waals surface area contributed by atoms with E-state index in [0.717, 1.165) is 59.6 Å². The van der Waals surface area contributed by atoms with E-state index in [1.807, 2.05) is 42.5 Å². The van der Waals surface area contributed by atoms with Gasteiger partial charge in [0.05, 0.1) is 18.2 Å². The summed E-state index contributed by atoms with van der Waals surface area (Å²) in [5.41, 5.74) is 4.61. The summed E-state index contributed by atoms with van der Waals surface area (Å²) >= 11 is 0. The minimum atomic E-state index is -2.14. The number of ether oxygens (including phenoxy) is 2. The lowest BCUT2D eigenvalue weighted by molar-refractivity contribution is -0.0593. The molecule has 0 saturated heterocycles. The third-order valence-corrected chi connectivity index (χ3v) is 17.3. The SMILES string of the molecule is CC(C)(C)[Si](C)(C)O[C@@H](CNCCc1ccc(OCCCC23CC4CC(CC(C4)C2)C3)cc1)c1ccc(OCc2ccccc2)c2[nH]c(=O)ccc12. The van der Waals surface area contributed by atoms with E-state index in [1.165, 1.54) is 56.9 Å². The first-order valence-electron chi connectivity index (χ1n) is 19.9. The highest BCUT2D eigenvalue weighted by atomic mass is 28.4. The molecule has 4 bridgehead atoms. The molecule has 0 radical (unpaired) electrons. The van der Waals surface area contributed by atoms with Crippen molar-refractivity contribution in [1.82, 2.24) is 10.3 Å². The Balaban J connectivity index is 0.957. The Morgan fingerprint density at radius 2 is 1.54 bits per heavy atom. The smallest absolute Gasteiger partial charge is 0.248 e. The van der Waals surface area contributed by atoms with Crippen molar-refractivity contribution in [2.24, 2.45) is 23.2 Å². The zero-order chi connectivity index (χ0) is 36.3. The van der Waals surface area contributed by atoms with E-state index >= 15 is 0 Å². The summed E-state index contributed by atoms with van der Waals surface area (Å²) in [6.45, 7) is 14.2. The number of aromatic nitrogens is 1. The van der Waals surface area contributed by atoms with Crippen LogP contribution in [0.15, 0.2) is 83.7 Å². The van der Waals surface area contributed by atoms with Crippen LogP contribution in [0.2, 0.25) is 18.1 Å². The van der Waals surface area contributed by atoms with Crippen molar-refractivity contribution in [3.05, 3.63) is 106 Å². The average Bonchev–Trinajstić information content (AvgIpc) is 3.10. The fraction of sp³-hybridized carbons (Fsp3) is 0.533. The zero-order valence-corrected chi connectivity index (χ0v) is 33.1. The third-order valence-electron chi connectivity index (χ3n) is 12.8. The number of benzene rings is 3. The van der Waals surface area contributed by atoms with Crippen molar-refractivity contribution in [2.45, 2.75) is 109 Å². The third kappa shape index (κ3) is 8.69. The van der Waals surface area contributed by atoms with Crippen LogP contribution in [0.5, 0.6) is 11.5 Å². The van der Waals surface area contributed by atoms with Gasteiger partial charge in [0.1, 0.15) is 18.1 Å². The minimum Gasteiger partial charge on any atom is -0.494 e. The fourth-order valence-corrected chi connectivity index (χ4v) is 10.9. The van der Waals surface area contributed by atoms with Gasteiger partial charge in [-0.2, -0.15) is 0 Å². The molecule has 7 heteroatoms. The van der Waals surface area contributed by atoms with Crippen LogP contribution in [0, 0.1) is 23.2 Å². The molecule has 52 heavy (non-hydrogen) atoms. The van der Waals surface area contributed by atoms with Crippen LogP contribution in [0.3, 0.4) is 0 Å². The largest absolute Gasteiger partial charge is 0.494 e. The first-order chi connectivity index (χ1) is 25.0. The summed E-state index contributed by atoms with van der Waals surface area (Å²) < 4.78 is 19.6. The summed E-state index contributed by atoms with van der Waals surface area (Å²) in [5.74, 6) is 4.70. The summed E-state index contributed by atoms with van der Waals surface area (Å²) in [6, 6.07) is 26.4. The Hall–Kier alpha value is -3.39. The summed E-state index contributed by atoms with van der Waals surface area (Å²) in [7, 11) is -2.14. The van der Waals surface area contributed by atoms with Gasteiger partial charge < -0.3 is 24.2 Å². The van der Waals surface area contributed by atoms with Gasteiger partial charge in [-0.3, -0.25) is 4.79 Å². The van der Waals surface area contributed by atoms with E-state index in [9.17, 15) is 4.79 Å². The maximum absolute atomic E-state index is 12.5. The standard InChI is InChI=1S/C45H60N2O4Si/c1-44(2,3)52(4,5)51-41(38-16-18-40(43-39(38)17-19-42(48)47-43)50-31-33-10-7-6-8-11-33)30-46-22-20-32-12-14-37(15-13-32)49-23-9-21-45-27-34-24-35(28-45)26-36(25-34)29-45/h6-8,10-19,34-36,41,46H,9,20-31H2,1-5H3,(H,47,48)/t34?,35?,36?,41-,45?/m0/s1. The van der Waals surface area contributed by atoms with Crippen LogP contribution in [0.25, 0.3) is 10.9 Å². The molecule has 1 aromatic heterocycles. The van der Waals surface area contributed by atoms with E-state index < -0.39 is 8.32 Å². The highest BCUT2D eigenvalue weighted by Gasteiger charge is 2.50. The molecule has 6 nitrogen and oxygen atoms in total. The molecule has 1 heterocycles. The first-order valence-corrected chi connectivity index (χ1v) is 22.8. The van der Waals surface area contributed by atoms with Crippen molar-refractivity contribution in [2.75, 3.05) is 19.7 Å². The summed E-state index contributed by atoms with van der Waals surface area (Å²) in [6.07, 6.45) is 12.3. The summed E-state index contributed by atoms with van der Waals surface area (Å²) in [4.78, 5) is 15.6. The predicted molar refractivity (Wildman–Crippen MR) is 215 cm³/mol. The van der Waals surface area contributed by atoms with Gasteiger partial charge >= 0.3 is 0 Å². The second-order valence-electron chi connectivity index (χ2n) is 17.9. The van der Waals surface area contributed by atoms with Gasteiger partial charge in [-0.05, 0) is 147 Å². The molecule has 1 atom stereocenters. The van der Waals surface area contributed by atoms with Gasteiger partial charge in [-0.15, -0.1) is 0 Å². The maximum Gasteiger partial charge on any atom is 0.248 e. The quantitative estimate of drug-likeness (QED) is 0.0891. The Bertz CT molecular complexity index is 1810. The first kappa shape index (κ1) is 36.9. The summed E-state index contributed by atoms with van der Waals surface area (Å²) in [5, 5.41) is 4.71. The number of hydrogen-bond acceptors (Lipinski definition) is 5. The zero-order valence-electron chi connectivity index (χ0n) is 32.1. The lowest BCUT2D eigenvalue weighted by Gasteiger charge is -2.57. The molecule has 0 amide bonds. The number of fused-ring (bicyclic) bond motifs is 1. The van der Waals surface area contributed by atoms with Crippen molar-refractivity contribution >= 4 is 19.2 Å². The second-order valence-corrected chi connectivity index (χ2v) is 22.6. The Labute approximate surface area is 312 Å². The van der Waals surface area contributed by atoms with Crippen LogP contribution < -0.4 is 20.3 Å². The van der Waals surface area contributed by atoms with E-state index in [0.29, 0.717) is 29.8 Å². The number of aromatic amines is 1. The predicted octanol–water partition coefficient (Wildman–Crippen LogP) is 10.4.